The molecule has 1 fully saturated rings. The van der Waals surface area contributed by atoms with E-state index in [2.05, 4.69) is 51.3 Å². The van der Waals surface area contributed by atoms with E-state index in [0.717, 1.165) is 61.8 Å². The topological polar surface area (TPSA) is 51.4 Å². The summed E-state index contributed by atoms with van der Waals surface area (Å²) in [5, 5.41) is 4.29. The molecule has 5 nitrogen and oxygen atoms in total. The van der Waals surface area contributed by atoms with Gasteiger partial charge in [-0.1, -0.05) is 59.1 Å². The van der Waals surface area contributed by atoms with Crippen LogP contribution in [-0.2, 0) is 0 Å². The third-order valence-corrected chi connectivity index (χ3v) is 7.01. The van der Waals surface area contributed by atoms with Crippen molar-refractivity contribution < 1.29 is 4.79 Å². The van der Waals surface area contributed by atoms with Crippen LogP contribution in [0.3, 0.4) is 0 Å². The molecule has 2 N–H and O–H groups in total. The zero-order chi connectivity index (χ0) is 23.4. The van der Waals surface area contributed by atoms with Gasteiger partial charge >= 0.3 is 0 Å². The van der Waals surface area contributed by atoms with E-state index in [1.54, 1.807) is 0 Å². The highest BCUT2D eigenvalue weighted by molar-refractivity contribution is 6.43. The molecule has 2 aromatic carbocycles. The largest absolute Gasteiger partial charge is 0.368 e. The quantitative estimate of drug-likeness (QED) is 0.377. The van der Waals surface area contributed by atoms with Crippen molar-refractivity contribution in [3.63, 3.8) is 0 Å². The van der Waals surface area contributed by atoms with Crippen molar-refractivity contribution in [3.05, 3.63) is 75.4 Å². The lowest BCUT2D eigenvalue weighted by Crippen LogP contribution is -2.47. The molecule has 0 unspecified atom stereocenters. The highest BCUT2D eigenvalue weighted by Crippen LogP contribution is 2.32. The van der Waals surface area contributed by atoms with Gasteiger partial charge in [0, 0.05) is 44.1 Å². The number of piperazine rings is 1. The van der Waals surface area contributed by atoms with Gasteiger partial charge in [0.05, 0.1) is 21.3 Å². The van der Waals surface area contributed by atoms with Gasteiger partial charge in [0.25, 0.3) is 5.91 Å². The normalized spacial score (nSPS) is 14.1. The van der Waals surface area contributed by atoms with Crippen LogP contribution in [0.4, 0.5) is 5.69 Å². The molecule has 0 radical (unpaired) electrons. The second-order valence-electron chi connectivity index (χ2n) is 8.60. The number of halogens is 3. The molecular weight excluding hydrogens is 491 g/mol. The van der Waals surface area contributed by atoms with Gasteiger partial charge < -0.3 is 15.2 Å². The van der Waals surface area contributed by atoms with Gasteiger partial charge in [0.1, 0.15) is 0 Å². The molecule has 34 heavy (non-hydrogen) atoms. The van der Waals surface area contributed by atoms with E-state index in [1.807, 2.05) is 31.2 Å². The minimum absolute atomic E-state index is 0. The number of hydrogen-bond acceptors (Lipinski definition) is 3. The number of H-pyrrole nitrogens is 1. The fourth-order valence-corrected chi connectivity index (χ4v) is 4.65. The molecule has 1 aromatic heterocycles. The third-order valence-electron chi connectivity index (χ3n) is 6.20. The molecular formula is C26H31Cl3N4O. The van der Waals surface area contributed by atoms with Crippen LogP contribution >= 0.6 is 35.6 Å². The summed E-state index contributed by atoms with van der Waals surface area (Å²) in [5.74, 6) is -0.0254. The number of hydrogen-bond donors (Lipinski definition) is 2. The van der Waals surface area contributed by atoms with Gasteiger partial charge in [-0.15, -0.1) is 12.4 Å². The first kappa shape index (κ1) is 26.4. The van der Waals surface area contributed by atoms with Crippen LogP contribution in [0.2, 0.25) is 10.0 Å². The van der Waals surface area contributed by atoms with Gasteiger partial charge in [-0.05, 0) is 50.6 Å². The number of nitrogens with one attached hydrogen (secondary N) is 2. The van der Waals surface area contributed by atoms with E-state index in [-0.39, 0.29) is 18.3 Å². The average Bonchev–Trinajstić information content (AvgIpc) is 3.21. The van der Waals surface area contributed by atoms with E-state index >= 15 is 0 Å². The Morgan fingerprint density at radius 1 is 1.03 bits per heavy atom. The van der Waals surface area contributed by atoms with Crippen LogP contribution in [0.5, 0.6) is 0 Å². The molecule has 4 rings (SSSR count). The summed E-state index contributed by atoms with van der Waals surface area (Å²) in [4.78, 5) is 20.8. The molecule has 1 amide bonds. The third kappa shape index (κ3) is 6.28. The van der Waals surface area contributed by atoms with Gasteiger partial charge in [0.2, 0.25) is 0 Å². The number of carbonyl (C=O) groups is 1. The number of carbonyl (C=O) groups excluding carboxylic acids is 1. The molecule has 1 saturated heterocycles. The number of amides is 1. The monoisotopic (exact) mass is 520 g/mol. The van der Waals surface area contributed by atoms with Crippen molar-refractivity contribution >= 4 is 47.2 Å². The van der Waals surface area contributed by atoms with E-state index in [9.17, 15) is 4.79 Å². The Morgan fingerprint density at radius 3 is 2.44 bits per heavy atom. The molecule has 0 bridgehead atoms. The highest BCUT2D eigenvalue weighted by Gasteiger charge is 2.20. The summed E-state index contributed by atoms with van der Waals surface area (Å²) in [6.45, 7) is 9.38. The summed E-state index contributed by atoms with van der Waals surface area (Å²) in [6, 6.07) is 16.0. The van der Waals surface area contributed by atoms with E-state index in [4.69, 9.17) is 23.2 Å². The number of benzene rings is 2. The minimum Gasteiger partial charge on any atom is -0.368 e. The smallest absolute Gasteiger partial charge is 0.253 e. The lowest BCUT2D eigenvalue weighted by Gasteiger charge is -2.36. The number of rotatable bonds is 7. The Kier molecular flexibility index (Phi) is 9.31. The molecule has 3 aromatic rings. The van der Waals surface area contributed by atoms with Crippen LogP contribution in [0.15, 0.2) is 48.5 Å². The Labute approximate surface area is 217 Å². The Balaban J connectivity index is 0.00000324. The summed E-state index contributed by atoms with van der Waals surface area (Å²) >= 11 is 12.5. The van der Waals surface area contributed by atoms with Crippen LogP contribution < -0.4 is 10.2 Å². The van der Waals surface area contributed by atoms with Crippen molar-refractivity contribution in [1.29, 1.82) is 0 Å². The lowest BCUT2D eigenvalue weighted by molar-refractivity contribution is 0.0951. The zero-order valence-corrected chi connectivity index (χ0v) is 21.9. The Morgan fingerprint density at radius 2 is 1.74 bits per heavy atom. The Bertz CT molecular complexity index is 1110. The van der Waals surface area contributed by atoms with E-state index < -0.39 is 0 Å². The lowest BCUT2D eigenvalue weighted by atomic mass is 10.1. The van der Waals surface area contributed by atoms with Crippen LogP contribution in [0.25, 0.3) is 11.3 Å². The summed E-state index contributed by atoms with van der Waals surface area (Å²) in [7, 11) is 0. The molecule has 0 spiro atoms. The van der Waals surface area contributed by atoms with Crippen LogP contribution in [-0.4, -0.2) is 55.1 Å². The SMILES string of the molecule is Cc1ccc(-c2cc(C(=O)NCCCN3CCN(c4cccc(Cl)c4Cl)CC3)c(C)[nH]2)cc1.Cl. The second-order valence-corrected chi connectivity index (χ2v) is 9.38. The minimum atomic E-state index is -0.0254. The van der Waals surface area contributed by atoms with Crippen molar-refractivity contribution in [1.82, 2.24) is 15.2 Å². The maximum absolute atomic E-state index is 12.7. The molecule has 182 valence electrons. The molecule has 0 atom stereocenters. The second kappa shape index (κ2) is 12.0. The summed E-state index contributed by atoms with van der Waals surface area (Å²) in [6.07, 6.45) is 0.915. The molecule has 1 aliphatic rings. The first-order valence-electron chi connectivity index (χ1n) is 11.4. The van der Waals surface area contributed by atoms with Crippen molar-refractivity contribution in [2.45, 2.75) is 20.3 Å². The van der Waals surface area contributed by atoms with E-state index in [1.165, 1.54) is 5.56 Å². The number of anilines is 1. The van der Waals surface area contributed by atoms with Gasteiger partial charge in [-0.2, -0.15) is 0 Å². The molecule has 8 heteroatoms. The summed E-state index contributed by atoms with van der Waals surface area (Å²) in [5.41, 5.74) is 5.87. The summed E-state index contributed by atoms with van der Waals surface area (Å²) < 4.78 is 0. The molecule has 1 aliphatic heterocycles. The number of nitrogens with zero attached hydrogens (tertiary/aromatic N) is 2. The number of aromatic amines is 1. The first-order valence-corrected chi connectivity index (χ1v) is 12.1. The number of aryl methyl sites for hydroxylation is 2. The van der Waals surface area contributed by atoms with E-state index in [0.29, 0.717) is 22.2 Å². The van der Waals surface area contributed by atoms with Crippen molar-refractivity contribution in [2.24, 2.45) is 0 Å². The predicted octanol–water partition coefficient (Wildman–Crippen LogP) is 5.97. The molecule has 2 heterocycles. The number of aromatic nitrogens is 1. The zero-order valence-electron chi connectivity index (χ0n) is 19.5. The van der Waals surface area contributed by atoms with Crippen LogP contribution in [0, 0.1) is 13.8 Å². The predicted molar refractivity (Wildman–Crippen MR) is 145 cm³/mol. The Hall–Kier alpha value is -2.18. The maximum atomic E-state index is 12.7. The van der Waals surface area contributed by atoms with Crippen LogP contribution in [0.1, 0.15) is 28.0 Å². The fourth-order valence-electron chi connectivity index (χ4n) is 4.23. The van der Waals surface area contributed by atoms with Gasteiger partial charge in [-0.3, -0.25) is 9.69 Å². The first-order chi connectivity index (χ1) is 15.9. The highest BCUT2D eigenvalue weighted by atomic mass is 35.5. The molecule has 0 saturated carbocycles. The average molecular weight is 522 g/mol. The maximum Gasteiger partial charge on any atom is 0.253 e. The van der Waals surface area contributed by atoms with Gasteiger partial charge in [0.15, 0.2) is 0 Å². The van der Waals surface area contributed by atoms with Gasteiger partial charge in [-0.25, -0.2) is 0 Å². The van der Waals surface area contributed by atoms with Crippen molar-refractivity contribution in [3.8, 4) is 11.3 Å². The molecule has 0 aliphatic carbocycles. The fraction of sp³-hybridized carbons (Fsp3) is 0.346. The standard InChI is InChI=1S/C26H30Cl2N4O.ClH/c1-18-7-9-20(10-8-18)23-17-21(19(2)30-23)26(33)29-11-4-12-31-13-15-32(16-14-31)24-6-3-5-22(27)25(24)28;/h3,5-10,17,30H,4,11-16H2,1-2H3,(H,29,33);1H. The van der Waals surface area contributed by atoms with Crippen molar-refractivity contribution in [2.75, 3.05) is 44.2 Å².